The zero-order valence-electron chi connectivity index (χ0n) is 11.9. The summed E-state index contributed by atoms with van der Waals surface area (Å²) in [5.41, 5.74) is 1.78. The Morgan fingerprint density at radius 3 is 2.57 bits per heavy atom. The smallest absolute Gasteiger partial charge is 0.326 e. The van der Waals surface area contributed by atoms with Crippen LogP contribution in [-0.2, 0) is 4.79 Å². The number of hydrogen-bond donors (Lipinski definition) is 2. The highest BCUT2D eigenvalue weighted by Crippen LogP contribution is 2.22. The van der Waals surface area contributed by atoms with Crippen molar-refractivity contribution in [2.45, 2.75) is 19.4 Å². The van der Waals surface area contributed by atoms with Crippen molar-refractivity contribution in [1.82, 2.24) is 15.1 Å². The summed E-state index contributed by atoms with van der Waals surface area (Å²) in [6.07, 6.45) is 1.77. The first-order valence-electron chi connectivity index (χ1n) is 6.65. The fourth-order valence-electron chi connectivity index (χ4n) is 2.22. The number of aliphatic carboxylic acids is 1. The van der Waals surface area contributed by atoms with E-state index in [4.69, 9.17) is 5.11 Å². The molecule has 0 aliphatic carbocycles. The van der Waals surface area contributed by atoms with E-state index in [9.17, 15) is 9.59 Å². The van der Waals surface area contributed by atoms with Crippen LogP contribution in [0.3, 0.4) is 0 Å². The van der Waals surface area contributed by atoms with Crippen molar-refractivity contribution in [3.63, 3.8) is 0 Å². The highest BCUT2D eigenvalue weighted by molar-refractivity contribution is 6.01. The average molecular weight is 287 g/mol. The van der Waals surface area contributed by atoms with Crippen LogP contribution in [0.5, 0.6) is 0 Å². The van der Waals surface area contributed by atoms with Crippen molar-refractivity contribution in [3.8, 4) is 11.3 Å². The van der Waals surface area contributed by atoms with Gasteiger partial charge < -0.3 is 10.0 Å². The number of aromatic nitrogens is 2. The summed E-state index contributed by atoms with van der Waals surface area (Å²) < 4.78 is 0. The number of likely N-dealkylation sites (N-methyl/N-ethyl adjacent to an activating group) is 1. The van der Waals surface area contributed by atoms with Gasteiger partial charge in [0.05, 0.1) is 17.5 Å². The van der Waals surface area contributed by atoms with E-state index in [0.717, 1.165) is 5.56 Å². The van der Waals surface area contributed by atoms with E-state index in [1.165, 1.54) is 18.1 Å². The van der Waals surface area contributed by atoms with Gasteiger partial charge in [-0.1, -0.05) is 37.3 Å². The van der Waals surface area contributed by atoms with Crippen LogP contribution < -0.4 is 0 Å². The van der Waals surface area contributed by atoms with Crippen LogP contribution in [0.1, 0.15) is 23.7 Å². The zero-order valence-corrected chi connectivity index (χ0v) is 11.9. The third-order valence-electron chi connectivity index (χ3n) is 3.39. The second kappa shape index (κ2) is 6.21. The monoisotopic (exact) mass is 287 g/mol. The molecule has 0 aliphatic heterocycles. The van der Waals surface area contributed by atoms with Crippen LogP contribution in [0.25, 0.3) is 11.3 Å². The predicted octanol–water partition coefficient (Wildman–Crippen LogP) is 2.01. The summed E-state index contributed by atoms with van der Waals surface area (Å²) in [5, 5.41) is 15.9. The Bertz CT molecular complexity index is 637. The first-order valence-corrected chi connectivity index (χ1v) is 6.65. The predicted molar refractivity (Wildman–Crippen MR) is 77.8 cm³/mol. The Kier molecular flexibility index (Phi) is 4.37. The Hall–Kier alpha value is -2.63. The average Bonchev–Trinajstić information content (AvgIpc) is 2.97. The number of H-pyrrole nitrogens is 1. The molecule has 0 aliphatic rings. The van der Waals surface area contributed by atoms with Gasteiger partial charge in [0.2, 0.25) is 0 Å². The molecule has 0 spiro atoms. The minimum Gasteiger partial charge on any atom is -0.480 e. The second-order valence-electron chi connectivity index (χ2n) is 4.70. The lowest BCUT2D eigenvalue weighted by atomic mass is 10.1. The first-order chi connectivity index (χ1) is 10.1. The molecule has 6 nitrogen and oxygen atoms in total. The largest absolute Gasteiger partial charge is 0.480 e. The van der Waals surface area contributed by atoms with Crippen molar-refractivity contribution in [2.24, 2.45) is 0 Å². The highest BCUT2D eigenvalue weighted by Gasteiger charge is 2.27. The van der Waals surface area contributed by atoms with Gasteiger partial charge in [-0.05, 0) is 6.42 Å². The molecule has 110 valence electrons. The molecule has 1 heterocycles. The molecule has 0 saturated carbocycles. The lowest BCUT2D eigenvalue weighted by Gasteiger charge is -2.23. The van der Waals surface area contributed by atoms with E-state index in [-0.39, 0.29) is 5.91 Å². The lowest BCUT2D eigenvalue weighted by molar-refractivity contribution is -0.142. The molecule has 21 heavy (non-hydrogen) atoms. The molecule has 1 aromatic carbocycles. The number of nitrogens with zero attached hydrogens (tertiary/aromatic N) is 2. The number of amides is 1. The molecule has 1 atom stereocenters. The van der Waals surface area contributed by atoms with Crippen molar-refractivity contribution in [2.75, 3.05) is 7.05 Å². The van der Waals surface area contributed by atoms with Gasteiger partial charge in [-0.15, -0.1) is 0 Å². The molecule has 1 aromatic heterocycles. The van der Waals surface area contributed by atoms with E-state index >= 15 is 0 Å². The molecule has 0 radical (unpaired) electrons. The van der Waals surface area contributed by atoms with Crippen LogP contribution in [0.2, 0.25) is 0 Å². The molecule has 2 rings (SSSR count). The van der Waals surface area contributed by atoms with Crippen LogP contribution in [0.15, 0.2) is 36.5 Å². The molecule has 1 unspecified atom stereocenters. The third kappa shape index (κ3) is 2.94. The van der Waals surface area contributed by atoms with Gasteiger partial charge in [0.25, 0.3) is 5.91 Å². The van der Waals surface area contributed by atoms with E-state index in [2.05, 4.69) is 10.2 Å². The van der Waals surface area contributed by atoms with Crippen molar-refractivity contribution in [1.29, 1.82) is 0 Å². The quantitative estimate of drug-likeness (QED) is 0.880. The summed E-state index contributed by atoms with van der Waals surface area (Å²) in [5.74, 6) is -1.38. The number of benzene rings is 1. The molecule has 0 saturated heterocycles. The number of rotatable bonds is 5. The van der Waals surface area contributed by atoms with E-state index in [1.54, 1.807) is 6.92 Å². The Labute approximate surface area is 122 Å². The third-order valence-corrected chi connectivity index (χ3v) is 3.39. The summed E-state index contributed by atoms with van der Waals surface area (Å²) in [7, 11) is 1.49. The maximum Gasteiger partial charge on any atom is 0.326 e. The van der Waals surface area contributed by atoms with Gasteiger partial charge in [-0.3, -0.25) is 9.89 Å². The van der Waals surface area contributed by atoms with Gasteiger partial charge in [0, 0.05) is 12.6 Å². The van der Waals surface area contributed by atoms with E-state index in [1.807, 2.05) is 30.3 Å². The van der Waals surface area contributed by atoms with Gasteiger partial charge in [-0.2, -0.15) is 5.10 Å². The molecule has 6 heteroatoms. The van der Waals surface area contributed by atoms with Crippen LogP contribution in [0, 0.1) is 0 Å². The summed E-state index contributed by atoms with van der Waals surface area (Å²) in [6, 6.07) is 8.47. The molecule has 0 bridgehead atoms. The maximum atomic E-state index is 12.5. The lowest BCUT2D eigenvalue weighted by Crippen LogP contribution is -2.42. The van der Waals surface area contributed by atoms with Crippen LogP contribution >= 0.6 is 0 Å². The van der Waals surface area contributed by atoms with Crippen molar-refractivity contribution < 1.29 is 14.7 Å². The maximum absolute atomic E-state index is 12.5. The first kappa shape index (κ1) is 14.8. The van der Waals surface area contributed by atoms with E-state index in [0.29, 0.717) is 17.7 Å². The fraction of sp³-hybridized carbons (Fsp3) is 0.267. The molecule has 1 amide bonds. The molecule has 2 N–H and O–H groups in total. The number of carbonyl (C=O) groups is 2. The summed E-state index contributed by atoms with van der Waals surface area (Å²) in [6.45, 7) is 1.73. The van der Waals surface area contributed by atoms with Gasteiger partial charge >= 0.3 is 5.97 Å². The Morgan fingerprint density at radius 1 is 1.33 bits per heavy atom. The number of aromatic amines is 1. The van der Waals surface area contributed by atoms with Crippen LogP contribution in [-0.4, -0.2) is 45.2 Å². The Balaban J connectivity index is 2.33. The number of carboxylic acids is 1. The van der Waals surface area contributed by atoms with Gasteiger partial charge in [0.1, 0.15) is 6.04 Å². The standard InChI is InChI=1S/C15H17N3O3/c1-3-12(15(20)21)18(2)14(19)11-9-16-17-13(11)10-7-5-4-6-8-10/h4-9,12H,3H2,1-2H3,(H,16,17)(H,20,21). The normalized spacial score (nSPS) is 11.9. The van der Waals surface area contributed by atoms with Crippen LogP contribution in [0.4, 0.5) is 0 Å². The number of carbonyl (C=O) groups excluding carboxylic acids is 1. The van der Waals surface area contributed by atoms with E-state index < -0.39 is 12.0 Å². The Morgan fingerprint density at radius 2 is 2.00 bits per heavy atom. The van der Waals surface area contributed by atoms with Gasteiger partial charge in [0.15, 0.2) is 0 Å². The minimum atomic E-state index is -1.02. The number of hydrogen-bond acceptors (Lipinski definition) is 3. The molecule has 0 fully saturated rings. The minimum absolute atomic E-state index is 0.343. The molecular weight excluding hydrogens is 270 g/mol. The molecule has 2 aromatic rings. The number of nitrogens with one attached hydrogen (secondary N) is 1. The van der Waals surface area contributed by atoms with Gasteiger partial charge in [-0.25, -0.2) is 4.79 Å². The summed E-state index contributed by atoms with van der Waals surface area (Å²) in [4.78, 5) is 24.9. The SMILES string of the molecule is CCC(C(=O)O)N(C)C(=O)c1cn[nH]c1-c1ccccc1. The fourth-order valence-corrected chi connectivity index (χ4v) is 2.22. The highest BCUT2D eigenvalue weighted by atomic mass is 16.4. The topological polar surface area (TPSA) is 86.3 Å². The summed E-state index contributed by atoms with van der Waals surface area (Å²) >= 11 is 0. The zero-order chi connectivity index (χ0) is 15.4. The second-order valence-corrected chi connectivity index (χ2v) is 4.70. The van der Waals surface area contributed by atoms with Crippen molar-refractivity contribution in [3.05, 3.63) is 42.1 Å². The van der Waals surface area contributed by atoms with Crippen molar-refractivity contribution >= 4 is 11.9 Å². The number of carboxylic acid groups (broad SMARTS) is 1. The molecular formula is C15H17N3O3.